The molecule has 0 bridgehead atoms. The number of carbonyl (C=O) groups excluding carboxylic acids is 1. The van der Waals surface area contributed by atoms with Crippen LogP contribution in [0, 0.1) is 0 Å². The molecule has 7 nitrogen and oxygen atoms in total. The number of hydrogen-bond donors (Lipinski definition) is 2. The van der Waals surface area contributed by atoms with Crippen molar-refractivity contribution in [3.05, 3.63) is 36.4 Å². The standard InChI is InChI=1S/C22H24N4O3/c1-13-22(27)25-24-21-12-29-20-10-16(15-8-3-4-9-19(15)28-2)17(11-18(20)26(13)21)23-14-6-5-7-14/h3-4,8-11,13-14,23H,5-7,12H2,1-2H3,(H,25,27). The number of para-hydroxylation sites is 1. The van der Waals surface area contributed by atoms with Crippen LogP contribution < -0.4 is 25.1 Å². The second-order valence-electron chi connectivity index (χ2n) is 7.68. The van der Waals surface area contributed by atoms with Crippen molar-refractivity contribution in [2.45, 2.75) is 38.3 Å². The van der Waals surface area contributed by atoms with Gasteiger partial charge < -0.3 is 19.7 Å². The SMILES string of the molecule is COc1ccccc1-c1cc2c(cc1NC1CCC1)N1C(=NNC(=O)C1C)CO2. The minimum atomic E-state index is -0.348. The van der Waals surface area contributed by atoms with E-state index in [1.54, 1.807) is 7.11 Å². The second-order valence-corrected chi connectivity index (χ2v) is 7.68. The zero-order valence-corrected chi connectivity index (χ0v) is 16.6. The molecule has 0 saturated heterocycles. The Morgan fingerprint density at radius 1 is 1.24 bits per heavy atom. The van der Waals surface area contributed by atoms with Crippen molar-refractivity contribution in [3.63, 3.8) is 0 Å². The minimum absolute atomic E-state index is 0.121. The van der Waals surface area contributed by atoms with Crippen molar-refractivity contribution < 1.29 is 14.3 Å². The highest BCUT2D eigenvalue weighted by Crippen LogP contribution is 2.45. The summed E-state index contributed by atoms with van der Waals surface area (Å²) in [6.45, 7) is 2.20. The van der Waals surface area contributed by atoms with Crippen molar-refractivity contribution in [2.75, 3.05) is 23.9 Å². The molecule has 7 heteroatoms. The van der Waals surface area contributed by atoms with Gasteiger partial charge in [-0.1, -0.05) is 18.2 Å². The largest absolute Gasteiger partial charge is 0.496 e. The average molecular weight is 392 g/mol. The summed E-state index contributed by atoms with van der Waals surface area (Å²) in [4.78, 5) is 14.2. The van der Waals surface area contributed by atoms with Crippen LogP contribution in [0.1, 0.15) is 26.2 Å². The molecule has 1 saturated carbocycles. The third-order valence-electron chi connectivity index (χ3n) is 5.92. The number of nitrogens with zero attached hydrogens (tertiary/aromatic N) is 2. The zero-order chi connectivity index (χ0) is 20.0. The minimum Gasteiger partial charge on any atom is -0.496 e. The summed E-state index contributed by atoms with van der Waals surface area (Å²) < 4.78 is 11.6. The van der Waals surface area contributed by atoms with Crippen molar-refractivity contribution in [2.24, 2.45) is 5.10 Å². The van der Waals surface area contributed by atoms with E-state index in [9.17, 15) is 4.79 Å². The molecule has 0 radical (unpaired) electrons. The Morgan fingerprint density at radius 3 is 2.83 bits per heavy atom. The van der Waals surface area contributed by atoms with Crippen molar-refractivity contribution >= 4 is 23.1 Å². The third kappa shape index (κ3) is 2.97. The summed E-state index contributed by atoms with van der Waals surface area (Å²) in [7, 11) is 1.68. The number of fused-ring (bicyclic) bond motifs is 3. The fraction of sp³-hybridized carbons (Fsp3) is 0.364. The number of rotatable bonds is 4. The summed E-state index contributed by atoms with van der Waals surface area (Å²) in [6.07, 6.45) is 3.57. The van der Waals surface area contributed by atoms with Gasteiger partial charge in [0.05, 0.1) is 12.8 Å². The predicted octanol–water partition coefficient (Wildman–Crippen LogP) is 3.36. The number of hydrazone groups is 1. The van der Waals surface area contributed by atoms with E-state index in [-0.39, 0.29) is 11.9 Å². The first-order valence-electron chi connectivity index (χ1n) is 10.0. The van der Waals surface area contributed by atoms with E-state index in [1.165, 1.54) is 6.42 Å². The molecule has 0 aromatic heterocycles. The summed E-state index contributed by atoms with van der Waals surface area (Å²) in [5, 5.41) is 7.88. The van der Waals surface area contributed by atoms with Gasteiger partial charge in [0, 0.05) is 22.9 Å². The van der Waals surface area contributed by atoms with Gasteiger partial charge in [0.15, 0.2) is 5.84 Å². The number of amides is 1. The molecule has 3 aliphatic rings. The van der Waals surface area contributed by atoms with E-state index in [2.05, 4.69) is 28.0 Å². The van der Waals surface area contributed by atoms with Crippen molar-refractivity contribution in [3.8, 4) is 22.6 Å². The molecule has 2 N–H and O–H groups in total. The molecule has 1 fully saturated rings. The van der Waals surface area contributed by atoms with Crippen LogP contribution in [-0.4, -0.2) is 37.5 Å². The lowest BCUT2D eigenvalue weighted by Gasteiger charge is -2.39. The van der Waals surface area contributed by atoms with Gasteiger partial charge in [0.1, 0.15) is 24.1 Å². The van der Waals surface area contributed by atoms with E-state index in [0.29, 0.717) is 18.5 Å². The molecule has 2 aromatic carbocycles. The molecule has 29 heavy (non-hydrogen) atoms. The zero-order valence-electron chi connectivity index (χ0n) is 16.6. The maximum atomic E-state index is 12.2. The molecule has 1 unspecified atom stereocenters. The summed E-state index contributed by atoms with van der Waals surface area (Å²) in [5.74, 6) is 2.14. The normalized spacial score (nSPS) is 20.5. The highest BCUT2D eigenvalue weighted by molar-refractivity contribution is 6.10. The average Bonchev–Trinajstić information content (AvgIpc) is 2.72. The summed E-state index contributed by atoms with van der Waals surface area (Å²) in [5.41, 5.74) is 6.49. The van der Waals surface area contributed by atoms with Crippen LogP contribution in [-0.2, 0) is 4.79 Å². The molecule has 2 heterocycles. The Labute approximate surface area is 169 Å². The molecule has 1 aliphatic carbocycles. The lowest BCUT2D eigenvalue weighted by molar-refractivity contribution is -0.122. The molecule has 2 aliphatic heterocycles. The van der Waals surface area contributed by atoms with Crippen molar-refractivity contribution in [1.82, 2.24) is 5.43 Å². The van der Waals surface area contributed by atoms with Gasteiger partial charge in [0.25, 0.3) is 5.91 Å². The Kier molecular flexibility index (Phi) is 4.30. The van der Waals surface area contributed by atoms with Crippen LogP contribution in [0.2, 0.25) is 0 Å². The number of anilines is 2. The summed E-state index contributed by atoms with van der Waals surface area (Å²) in [6, 6.07) is 12.2. The molecule has 150 valence electrons. The molecule has 5 rings (SSSR count). The van der Waals surface area contributed by atoms with Gasteiger partial charge in [0.2, 0.25) is 0 Å². The van der Waals surface area contributed by atoms with Crippen LogP contribution in [0.25, 0.3) is 11.1 Å². The van der Waals surface area contributed by atoms with E-state index < -0.39 is 0 Å². The van der Waals surface area contributed by atoms with Gasteiger partial charge in [-0.15, -0.1) is 0 Å². The van der Waals surface area contributed by atoms with Gasteiger partial charge in [-0.3, -0.25) is 4.79 Å². The third-order valence-corrected chi connectivity index (χ3v) is 5.92. The smallest absolute Gasteiger partial charge is 0.262 e. The second kappa shape index (κ2) is 6.99. The van der Waals surface area contributed by atoms with E-state index in [0.717, 1.165) is 46.8 Å². The van der Waals surface area contributed by atoms with Crippen LogP contribution in [0.15, 0.2) is 41.5 Å². The number of methoxy groups -OCH3 is 1. The monoisotopic (exact) mass is 392 g/mol. The number of hydrogen-bond acceptors (Lipinski definition) is 6. The fourth-order valence-corrected chi connectivity index (χ4v) is 4.05. The first-order valence-corrected chi connectivity index (χ1v) is 10.0. The molecular formula is C22H24N4O3. The maximum absolute atomic E-state index is 12.2. The number of carbonyl (C=O) groups is 1. The highest BCUT2D eigenvalue weighted by atomic mass is 16.5. The number of benzene rings is 2. The lowest BCUT2D eigenvalue weighted by atomic mass is 9.91. The lowest BCUT2D eigenvalue weighted by Crippen LogP contribution is -2.55. The van der Waals surface area contributed by atoms with Crippen LogP contribution in [0.5, 0.6) is 11.5 Å². The fourth-order valence-electron chi connectivity index (χ4n) is 4.05. The molecule has 1 atom stereocenters. The first-order chi connectivity index (χ1) is 14.2. The maximum Gasteiger partial charge on any atom is 0.262 e. The van der Waals surface area contributed by atoms with E-state index in [1.807, 2.05) is 36.1 Å². The first kappa shape index (κ1) is 17.8. The van der Waals surface area contributed by atoms with Crippen LogP contribution in [0.4, 0.5) is 11.4 Å². The van der Waals surface area contributed by atoms with E-state index >= 15 is 0 Å². The quantitative estimate of drug-likeness (QED) is 0.835. The topological polar surface area (TPSA) is 75.2 Å². The van der Waals surface area contributed by atoms with Crippen LogP contribution in [0.3, 0.4) is 0 Å². The molecular weight excluding hydrogens is 368 g/mol. The van der Waals surface area contributed by atoms with Crippen molar-refractivity contribution in [1.29, 1.82) is 0 Å². The Morgan fingerprint density at radius 2 is 2.07 bits per heavy atom. The predicted molar refractivity (Wildman–Crippen MR) is 113 cm³/mol. The molecule has 1 amide bonds. The van der Waals surface area contributed by atoms with Gasteiger partial charge in [-0.25, -0.2) is 5.43 Å². The number of nitrogens with one attached hydrogen (secondary N) is 2. The van der Waals surface area contributed by atoms with E-state index in [4.69, 9.17) is 9.47 Å². The molecule has 0 spiro atoms. The Hall–Kier alpha value is -3.22. The Balaban J connectivity index is 1.66. The van der Waals surface area contributed by atoms with Gasteiger partial charge in [-0.2, -0.15) is 5.10 Å². The summed E-state index contributed by atoms with van der Waals surface area (Å²) >= 11 is 0. The molecule has 2 aromatic rings. The van der Waals surface area contributed by atoms with Crippen LogP contribution >= 0.6 is 0 Å². The number of amidine groups is 1. The number of ether oxygens (including phenoxy) is 2. The van der Waals surface area contributed by atoms with Gasteiger partial charge in [-0.05, 0) is 44.4 Å². The Bertz CT molecular complexity index is 1000. The highest BCUT2D eigenvalue weighted by Gasteiger charge is 2.36. The van der Waals surface area contributed by atoms with Gasteiger partial charge >= 0.3 is 0 Å².